The van der Waals surface area contributed by atoms with Gasteiger partial charge in [0.15, 0.2) is 0 Å². The molecule has 0 aromatic heterocycles. The van der Waals surface area contributed by atoms with Crippen molar-refractivity contribution in [2.75, 3.05) is 7.11 Å². The van der Waals surface area contributed by atoms with Crippen molar-refractivity contribution in [1.29, 1.82) is 0 Å². The molecule has 0 unspecified atom stereocenters. The van der Waals surface area contributed by atoms with Crippen LogP contribution in [-0.4, -0.2) is 12.2 Å². The topological polar surface area (TPSA) is 55.5 Å². The van der Waals surface area contributed by atoms with Crippen molar-refractivity contribution >= 4 is 0 Å². The summed E-state index contributed by atoms with van der Waals surface area (Å²) in [4.78, 5) is 0. The molecule has 3 nitrogen and oxygen atoms in total. The Morgan fingerprint density at radius 2 is 1.48 bits per heavy atom. The van der Waals surface area contributed by atoms with Gasteiger partial charge in [0, 0.05) is 12.0 Å². The first kappa shape index (κ1) is 15.5. The van der Waals surface area contributed by atoms with E-state index >= 15 is 0 Å². The van der Waals surface area contributed by atoms with Crippen LogP contribution >= 0.6 is 0 Å². The van der Waals surface area contributed by atoms with E-state index in [1.807, 2.05) is 62.4 Å². The Kier molecular flexibility index (Phi) is 4.99. The summed E-state index contributed by atoms with van der Waals surface area (Å²) in [6.07, 6.45) is -0.604. The van der Waals surface area contributed by atoms with Gasteiger partial charge in [-0.2, -0.15) is 0 Å². The summed E-state index contributed by atoms with van der Waals surface area (Å²) in [6, 6.07) is 15.4. The zero-order valence-electron chi connectivity index (χ0n) is 12.8. The van der Waals surface area contributed by atoms with Gasteiger partial charge >= 0.3 is 0 Å². The highest BCUT2D eigenvalue weighted by atomic mass is 16.5. The van der Waals surface area contributed by atoms with E-state index in [1.165, 1.54) is 5.56 Å². The van der Waals surface area contributed by atoms with Crippen molar-refractivity contribution < 1.29 is 9.84 Å². The van der Waals surface area contributed by atoms with Crippen LogP contribution in [0.5, 0.6) is 5.75 Å². The molecule has 0 saturated heterocycles. The Morgan fingerprint density at radius 1 is 0.952 bits per heavy atom. The third kappa shape index (κ3) is 3.63. The lowest BCUT2D eigenvalue weighted by molar-refractivity contribution is 0.103. The summed E-state index contributed by atoms with van der Waals surface area (Å²) in [5.41, 5.74) is 9.40. The summed E-state index contributed by atoms with van der Waals surface area (Å²) in [7, 11) is 1.63. The third-order valence-corrected chi connectivity index (χ3v) is 3.98. The Bertz CT molecular complexity index is 563. The van der Waals surface area contributed by atoms with Gasteiger partial charge in [-0.1, -0.05) is 48.9 Å². The Morgan fingerprint density at radius 3 is 2.00 bits per heavy atom. The summed E-state index contributed by atoms with van der Waals surface area (Å²) in [5.74, 6) is 0.697. The van der Waals surface area contributed by atoms with Crippen molar-refractivity contribution in [3.63, 3.8) is 0 Å². The van der Waals surface area contributed by atoms with Crippen molar-refractivity contribution in [2.45, 2.75) is 26.0 Å². The lowest BCUT2D eigenvalue weighted by Gasteiger charge is -2.26. The predicted octanol–water partition coefficient (Wildman–Crippen LogP) is 3.37. The number of aliphatic hydroxyl groups is 1. The Labute approximate surface area is 126 Å². The standard InChI is InChI=1S/C18H23NO2/c1-12-4-6-14(7-5-12)17(19)13(2)18(20)15-8-10-16(21-3)11-9-15/h4-11,13,17-18,20H,19H2,1-3H3/t13-,17+,18+/m1/s1. The van der Waals surface area contributed by atoms with Crippen LogP contribution in [0.15, 0.2) is 48.5 Å². The van der Waals surface area contributed by atoms with E-state index < -0.39 is 6.10 Å². The number of methoxy groups -OCH3 is 1. The smallest absolute Gasteiger partial charge is 0.118 e. The van der Waals surface area contributed by atoms with Gasteiger partial charge in [-0.25, -0.2) is 0 Å². The van der Waals surface area contributed by atoms with Crippen LogP contribution in [-0.2, 0) is 0 Å². The first-order chi connectivity index (χ1) is 10.0. The zero-order chi connectivity index (χ0) is 15.4. The fraction of sp³-hybridized carbons (Fsp3) is 0.333. The number of aliphatic hydroxyl groups excluding tert-OH is 1. The molecule has 2 aromatic carbocycles. The van der Waals surface area contributed by atoms with Crippen LogP contribution in [0.1, 0.15) is 35.8 Å². The average molecular weight is 285 g/mol. The van der Waals surface area contributed by atoms with Gasteiger partial charge in [0.25, 0.3) is 0 Å². The molecule has 3 N–H and O–H groups in total. The fourth-order valence-electron chi connectivity index (χ4n) is 2.39. The van der Waals surface area contributed by atoms with Crippen LogP contribution in [0.2, 0.25) is 0 Å². The van der Waals surface area contributed by atoms with Gasteiger partial charge in [-0.3, -0.25) is 0 Å². The second kappa shape index (κ2) is 6.74. The number of rotatable bonds is 5. The average Bonchev–Trinajstić information content (AvgIpc) is 2.53. The van der Waals surface area contributed by atoms with Crippen LogP contribution in [0.25, 0.3) is 0 Å². The minimum absolute atomic E-state index is 0.0823. The maximum absolute atomic E-state index is 10.5. The van der Waals surface area contributed by atoms with Crippen molar-refractivity contribution in [3.8, 4) is 5.75 Å². The molecule has 0 fully saturated rings. The van der Waals surface area contributed by atoms with Gasteiger partial charge in [-0.05, 0) is 30.2 Å². The largest absolute Gasteiger partial charge is 0.497 e. The highest BCUT2D eigenvalue weighted by Gasteiger charge is 2.23. The van der Waals surface area contributed by atoms with E-state index in [2.05, 4.69) is 0 Å². The van der Waals surface area contributed by atoms with Crippen molar-refractivity contribution in [3.05, 3.63) is 65.2 Å². The SMILES string of the molecule is COc1ccc([C@@H](O)[C@H](C)[C@H](N)c2ccc(C)cc2)cc1. The molecule has 3 heteroatoms. The van der Waals surface area contributed by atoms with E-state index in [4.69, 9.17) is 10.5 Å². The summed E-state index contributed by atoms with van der Waals surface area (Å²) >= 11 is 0. The minimum atomic E-state index is -0.604. The zero-order valence-corrected chi connectivity index (χ0v) is 12.8. The second-order valence-electron chi connectivity index (χ2n) is 5.51. The summed E-state index contributed by atoms with van der Waals surface area (Å²) in [6.45, 7) is 4.02. The molecule has 2 rings (SSSR count). The normalized spacial score (nSPS) is 15.3. The van der Waals surface area contributed by atoms with E-state index in [0.29, 0.717) is 0 Å². The highest BCUT2D eigenvalue weighted by Crippen LogP contribution is 2.31. The summed E-state index contributed by atoms with van der Waals surface area (Å²) in [5, 5.41) is 10.5. The van der Waals surface area contributed by atoms with Gasteiger partial charge in [0.05, 0.1) is 13.2 Å². The van der Waals surface area contributed by atoms with Gasteiger partial charge < -0.3 is 15.6 Å². The van der Waals surface area contributed by atoms with Crippen LogP contribution in [0.4, 0.5) is 0 Å². The first-order valence-corrected chi connectivity index (χ1v) is 7.17. The van der Waals surface area contributed by atoms with Crippen LogP contribution in [0.3, 0.4) is 0 Å². The molecule has 21 heavy (non-hydrogen) atoms. The van der Waals surface area contributed by atoms with Crippen LogP contribution < -0.4 is 10.5 Å². The Hall–Kier alpha value is -1.84. The number of ether oxygens (including phenoxy) is 1. The lowest BCUT2D eigenvalue weighted by atomic mass is 9.87. The monoisotopic (exact) mass is 285 g/mol. The minimum Gasteiger partial charge on any atom is -0.497 e. The van der Waals surface area contributed by atoms with E-state index in [0.717, 1.165) is 16.9 Å². The molecular weight excluding hydrogens is 262 g/mol. The van der Waals surface area contributed by atoms with E-state index in [9.17, 15) is 5.11 Å². The second-order valence-corrected chi connectivity index (χ2v) is 5.51. The third-order valence-electron chi connectivity index (χ3n) is 3.98. The van der Waals surface area contributed by atoms with Gasteiger partial charge in [-0.15, -0.1) is 0 Å². The molecule has 112 valence electrons. The molecule has 3 atom stereocenters. The number of benzene rings is 2. The summed E-state index contributed by atoms with van der Waals surface area (Å²) < 4.78 is 5.13. The molecule has 0 radical (unpaired) electrons. The van der Waals surface area contributed by atoms with E-state index in [-0.39, 0.29) is 12.0 Å². The van der Waals surface area contributed by atoms with Crippen molar-refractivity contribution in [2.24, 2.45) is 11.7 Å². The van der Waals surface area contributed by atoms with Gasteiger partial charge in [0.2, 0.25) is 0 Å². The molecular formula is C18H23NO2. The molecule has 0 aliphatic rings. The number of aryl methyl sites for hydroxylation is 1. The molecule has 0 heterocycles. The molecule has 0 saturated carbocycles. The molecule has 0 aliphatic carbocycles. The highest BCUT2D eigenvalue weighted by molar-refractivity contribution is 5.30. The van der Waals surface area contributed by atoms with Crippen LogP contribution in [0, 0.1) is 12.8 Å². The van der Waals surface area contributed by atoms with Crippen molar-refractivity contribution in [1.82, 2.24) is 0 Å². The first-order valence-electron chi connectivity index (χ1n) is 7.17. The van der Waals surface area contributed by atoms with E-state index in [1.54, 1.807) is 7.11 Å². The fourth-order valence-corrected chi connectivity index (χ4v) is 2.39. The lowest BCUT2D eigenvalue weighted by Crippen LogP contribution is -2.24. The molecule has 0 aliphatic heterocycles. The molecule has 2 aromatic rings. The predicted molar refractivity (Wildman–Crippen MR) is 85.2 cm³/mol. The number of nitrogens with two attached hydrogens (primary N) is 1. The molecule has 0 bridgehead atoms. The Balaban J connectivity index is 2.13. The maximum Gasteiger partial charge on any atom is 0.118 e. The molecule has 0 spiro atoms. The van der Waals surface area contributed by atoms with Gasteiger partial charge in [0.1, 0.15) is 5.75 Å². The number of hydrogen-bond donors (Lipinski definition) is 2. The number of hydrogen-bond acceptors (Lipinski definition) is 3. The quantitative estimate of drug-likeness (QED) is 0.885. The molecule has 0 amide bonds. The maximum atomic E-state index is 10.5.